The SMILES string of the molecule is C=C[C@H]1C[C@]1(NC(=O)[C@@H]1C[C@@H](OCC#Cc2ccccc2)CN1C(=O)[C@@H](NC(=O)OC1CCCC1)C(C)(C)C)C(=O)NS(=O)N(C)C. The lowest BCUT2D eigenvalue weighted by Crippen LogP contribution is -2.60. The number of likely N-dealkylation sites (tertiary alicyclic amines) is 1. The summed E-state index contributed by atoms with van der Waals surface area (Å²) in [6, 6.07) is 7.43. The highest BCUT2D eigenvalue weighted by Crippen LogP contribution is 2.45. The van der Waals surface area contributed by atoms with Crippen LogP contribution in [0.5, 0.6) is 0 Å². The van der Waals surface area contributed by atoms with E-state index in [1.54, 1.807) is 20.2 Å². The van der Waals surface area contributed by atoms with Crippen LogP contribution in [0.25, 0.3) is 0 Å². The summed E-state index contributed by atoms with van der Waals surface area (Å²) >= 11 is -1.81. The first-order valence-electron chi connectivity index (χ1n) is 16.0. The normalized spacial score (nSPS) is 25.2. The third-order valence-corrected chi connectivity index (χ3v) is 9.78. The Labute approximate surface area is 280 Å². The fourth-order valence-corrected chi connectivity index (χ4v) is 6.48. The van der Waals surface area contributed by atoms with Gasteiger partial charge in [-0.3, -0.25) is 19.1 Å². The van der Waals surface area contributed by atoms with Crippen LogP contribution in [0, 0.1) is 23.2 Å². The lowest BCUT2D eigenvalue weighted by molar-refractivity contribution is -0.143. The molecule has 0 radical (unpaired) electrons. The molecule has 3 fully saturated rings. The summed E-state index contributed by atoms with van der Waals surface area (Å²) in [7, 11) is 3.10. The molecule has 13 heteroatoms. The Kier molecular flexibility index (Phi) is 11.9. The van der Waals surface area contributed by atoms with E-state index in [0.29, 0.717) is 0 Å². The van der Waals surface area contributed by atoms with Crippen LogP contribution in [0.3, 0.4) is 0 Å². The molecule has 3 aliphatic rings. The highest BCUT2D eigenvalue weighted by Gasteiger charge is 2.61. The molecule has 4 rings (SSSR count). The van der Waals surface area contributed by atoms with Gasteiger partial charge in [0, 0.05) is 38.5 Å². The fourth-order valence-electron chi connectivity index (χ4n) is 5.95. The van der Waals surface area contributed by atoms with E-state index in [1.165, 1.54) is 9.21 Å². The predicted octanol–water partition coefficient (Wildman–Crippen LogP) is 2.43. The first-order valence-corrected chi connectivity index (χ1v) is 17.1. The average Bonchev–Trinajstić information content (AvgIpc) is 3.30. The van der Waals surface area contributed by atoms with Crippen LogP contribution in [0.2, 0.25) is 0 Å². The van der Waals surface area contributed by atoms with Crippen molar-refractivity contribution in [1.82, 2.24) is 24.6 Å². The molecule has 3 N–H and O–H groups in total. The van der Waals surface area contributed by atoms with E-state index in [1.807, 2.05) is 51.1 Å². The minimum Gasteiger partial charge on any atom is -0.446 e. The molecule has 1 heterocycles. The van der Waals surface area contributed by atoms with Crippen molar-refractivity contribution in [3.63, 3.8) is 0 Å². The third-order valence-electron chi connectivity index (χ3n) is 8.76. The van der Waals surface area contributed by atoms with Gasteiger partial charge in [0.05, 0.1) is 6.10 Å². The summed E-state index contributed by atoms with van der Waals surface area (Å²) in [6.45, 7) is 9.41. The molecule has 4 amide bonds. The minimum atomic E-state index is -1.81. The molecular formula is C34H47N5O7S. The first kappa shape index (κ1) is 36.1. The monoisotopic (exact) mass is 669 g/mol. The first-order chi connectivity index (χ1) is 22.2. The molecule has 256 valence electrons. The van der Waals surface area contributed by atoms with Crippen molar-refractivity contribution in [3.8, 4) is 11.8 Å². The molecule has 1 aromatic rings. The quantitative estimate of drug-likeness (QED) is 0.242. The second-order valence-corrected chi connectivity index (χ2v) is 15.0. The minimum absolute atomic E-state index is 0.0740. The van der Waals surface area contributed by atoms with Crippen molar-refractivity contribution >= 4 is 35.0 Å². The van der Waals surface area contributed by atoms with Crippen LogP contribution in [0.4, 0.5) is 4.79 Å². The number of carbonyl (C=O) groups is 4. The lowest BCUT2D eigenvalue weighted by atomic mass is 9.85. The van der Waals surface area contributed by atoms with Gasteiger partial charge in [0.25, 0.3) is 5.91 Å². The predicted molar refractivity (Wildman–Crippen MR) is 177 cm³/mol. The zero-order valence-corrected chi connectivity index (χ0v) is 28.7. The van der Waals surface area contributed by atoms with E-state index in [4.69, 9.17) is 9.47 Å². The molecular weight excluding hydrogens is 622 g/mol. The van der Waals surface area contributed by atoms with E-state index < -0.39 is 64.1 Å². The Hall–Kier alpha value is -3.73. The van der Waals surface area contributed by atoms with Crippen molar-refractivity contribution in [3.05, 3.63) is 48.6 Å². The van der Waals surface area contributed by atoms with E-state index in [2.05, 4.69) is 33.8 Å². The molecule has 1 aromatic carbocycles. The van der Waals surface area contributed by atoms with Crippen LogP contribution >= 0.6 is 0 Å². The van der Waals surface area contributed by atoms with E-state index in [9.17, 15) is 23.4 Å². The largest absolute Gasteiger partial charge is 0.446 e. The second-order valence-electron chi connectivity index (χ2n) is 13.6. The van der Waals surface area contributed by atoms with Crippen LogP contribution < -0.4 is 15.4 Å². The van der Waals surface area contributed by atoms with Crippen LogP contribution in [-0.2, 0) is 35.0 Å². The Balaban J connectivity index is 1.54. The van der Waals surface area contributed by atoms with Gasteiger partial charge in [-0.2, -0.15) is 0 Å². The summed E-state index contributed by atoms with van der Waals surface area (Å²) in [4.78, 5) is 55.8. The number of amides is 4. The van der Waals surface area contributed by atoms with Gasteiger partial charge in [-0.15, -0.1) is 6.58 Å². The summed E-state index contributed by atoms with van der Waals surface area (Å²) in [6.07, 6.45) is 4.13. The molecule has 0 bridgehead atoms. The third kappa shape index (κ3) is 9.21. The number of hydrogen-bond acceptors (Lipinski definition) is 7. The number of nitrogens with zero attached hydrogens (tertiary/aromatic N) is 2. The summed E-state index contributed by atoms with van der Waals surface area (Å²) < 4.78 is 27.8. The highest BCUT2D eigenvalue weighted by molar-refractivity contribution is 7.81. The number of nitrogens with one attached hydrogen (secondary N) is 3. The zero-order valence-electron chi connectivity index (χ0n) is 27.9. The van der Waals surface area contributed by atoms with E-state index >= 15 is 0 Å². The van der Waals surface area contributed by atoms with Gasteiger partial charge in [0.2, 0.25) is 11.8 Å². The number of benzene rings is 1. The van der Waals surface area contributed by atoms with Gasteiger partial charge >= 0.3 is 6.09 Å². The zero-order chi connectivity index (χ0) is 34.4. The maximum absolute atomic E-state index is 14.2. The standard InChI is InChI=1S/C34H47N5O7S/c1-7-24-21-34(24,31(42)37-47(44)38(5)6)36-29(40)27-20-26(45-19-13-16-23-14-9-8-10-15-23)22-39(27)30(41)28(33(2,3)4)35-32(43)46-25-17-11-12-18-25/h7-10,14-15,24-28H,1,11-12,17-22H2,2-6H3,(H,35,43)(H,36,40)(H,37,42)/t24-,26+,27-,28+,34+,47?/m0/s1. The average molecular weight is 670 g/mol. The lowest BCUT2D eigenvalue weighted by Gasteiger charge is -2.35. The Morgan fingerprint density at radius 1 is 1.15 bits per heavy atom. The van der Waals surface area contributed by atoms with E-state index in [0.717, 1.165) is 31.2 Å². The Morgan fingerprint density at radius 2 is 1.83 bits per heavy atom. The van der Waals surface area contributed by atoms with Gasteiger partial charge < -0.3 is 25.0 Å². The van der Waals surface area contributed by atoms with Gasteiger partial charge in [-0.25, -0.2) is 13.3 Å². The molecule has 0 aromatic heterocycles. The number of rotatable bonds is 11. The van der Waals surface area contributed by atoms with Crippen LogP contribution in [0.1, 0.15) is 64.9 Å². The highest BCUT2D eigenvalue weighted by atomic mass is 32.2. The van der Waals surface area contributed by atoms with Crippen molar-refractivity contribution in [2.24, 2.45) is 11.3 Å². The van der Waals surface area contributed by atoms with Gasteiger partial charge in [-0.1, -0.05) is 56.9 Å². The molecule has 1 saturated heterocycles. The van der Waals surface area contributed by atoms with Gasteiger partial charge in [0.1, 0.15) is 30.3 Å². The molecule has 2 saturated carbocycles. The van der Waals surface area contributed by atoms with Gasteiger partial charge in [-0.05, 0) is 49.7 Å². The summed E-state index contributed by atoms with van der Waals surface area (Å²) in [5.74, 6) is 4.00. The Morgan fingerprint density at radius 3 is 2.43 bits per heavy atom. The second kappa shape index (κ2) is 15.4. The Bertz CT molecular complexity index is 1410. The van der Waals surface area contributed by atoms with E-state index in [-0.39, 0.29) is 38.0 Å². The fraction of sp³-hybridized carbons (Fsp3) is 0.588. The molecule has 0 spiro atoms. The molecule has 1 aliphatic heterocycles. The summed E-state index contributed by atoms with van der Waals surface area (Å²) in [5.41, 5.74) is -1.25. The smallest absolute Gasteiger partial charge is 0.408 e. The van der Waals surface area contributed by atoms with Gasteiger partial charge in [0.15, 0.2) is 11.2 Å². The van der Waals surface area contributed by atoms with Crippen molar-refractivity contribution in [1.29, 1.82) is 0 Å². The molecule has 47 heavy (non-hydrogen) atoms. The number of carbonyl (C=O) groups excluding carboxylic acids is 4. The van der Waals surface area contributed by atoms with Crippen molar-refractivity contribution < 1.29 is 32.9 Å². The van der Waals surface area contributed by atoms with Crippen molar-refractivity contribution in [2.45, 2.75) is 89.1 Å². The molecule has 6 atom stereocenters. The topological polar surface area (TPSA) is 146 Å². The maximum atomic E-state index is 14.2. The molecule has 2 aliphatic carbocycles. The maximum Gasteiger partial charge on any atom is 0.408 e. The molecule has 1 unspecified atom stereocenters. The number of alkyl carbamates (subject to hydrolysis) is 1. The van der Waals surface area contributed by atoms with Crippen molar-refractivity contribution in [2.75, 3.05) is 27.2 Å². The molecule has 12 nitrogen and oxygen atoms in total. The van der Waals surface area contributed by atoms with Crippen LogP contribution in [-0.4, -0.2) is 94.3 Å². The number of hydrogen-bond donors (Lipinski definition) is 3. The number of ether oxygens (including phenoxy) is 2. The van der Waals surface area contributed by atoms with Crippen LogP contribution in [0.15, 0.2) is 43.0 Å². The summed E-state index contributed by atoms with van der Waals surface area (Å²) in [5, 5.41) is 5.62.